The third-order valence-electron chi connectivity index (χ3n) is 1.84. The summed E-state index contributed by atoms with van der Waals surface area (Å²) in [6.45, 7) is -0.397. The number of carbonyl (C=O) groups is 4. The average Bonchev–Trinajstić information content (AvgIpc) is 2.60. The first-order valence-corrected chi connectivity index (χ1v) is 3.83. The zero-order valence-electron chi connectivity index (χ0n) is 6.94. The van der Waals surface area contributed by atoms with Crippen LogP contribution in [0.5, 0.6) is 0 Å². The molecule has 2 aliphatic heterocycles. The second-order valence-corrected chi connectivity index (χ2v) is 2.73. The van der Waals surface area contributed by atoms with Crippen molar-refractivity contribution in [3.05, 3.63) is 0 Å². The highest BCUT2D eigenvalue weighted by Crippen LogP contribution is 2.09. The Morgan fingerprint density at radius 3 is 1.36 bits per heavy atom. The van der Waals surface area contributed by atoms with Crippen molar-refractivity contribution in [2.45, 2.75) is 0 Å². The van der Waals surface area contributed by atoms with Crippen LogP contribution in [-0.4, -0.2) is 47.0 Å². The van der Waals surface area contributed by atoms with E-state index in [4.69, 9.17) is 0 Å². The molecule has 2 saturated heterocycles. The van der Waals surface area contributed by atoms with Gasteiger partial charge in [0, 0.05) is 0 Å². The summed E-state index contributed by atoms with van der Waals surface area (Å²) in [5.41, 5.74) is 0. The number of nitrogens with zero attached hydrogens (tertiary/aromatic N) is 2. The molecule has 0 saturated carbocycles. The Bertz CT molecular complexity index is 286. The minimum Gasteiger partial charge on any atom is -0.327 e. The summed E-state index contributed by atoms with van der Waals surface area (Å²) in [6.07, 6.45) is 0. The second-order valence-electron chi connectivity index (χ2n) is 2.73. The molecule has 0 spiro atoms. The first-order chi connectivity index (χ1) is 6.61. The number of imide groups is 2. The number of urea groups is 2. The van der Waals surface area contributed by atoms with Gasteiger partial charge < -0.3 is 10.6 Å². The van der Waals surface area contributed by atoms with Crippen LogP contribution in [0.25, 0.3) is 0 Å². The van der Waals surface area contributed by atoms with Crippen LogP contribution in [0.2, 0.25) is 0 Å². The number of hydrogen-bond acceptors (Lipinski definition) is 4. The van der Waals surface area contributed by atoms with Crippen LogP contribution < -0.4 is 10.6 Å². The van der Waals surface area contributed by atoms with Crippen LogP contribution >= 0.6 is 0 Å². The predicted octanol–water partition coefficient (Wildman–Crippen LogP) is -1.99. The summed E-state index contributed by atoms with van der Waals surface area (Å²) in [5, 5.41) is 5.41. The number of hydrazine groups is 1. The molecule has 6 amide bonds. The molecule has 0 bridgehead atoms. The molecule has 0 unspecified atom stereocenters. The van der Waals surface area contributed by atoms with E-state index in [0.29, 0.717) is 10.0 Å². The monoisotopic (exact) mass is 198 g/mol. The minimum atomic E-state index is -0.764. The SMILES string of the molecule is O=C1CNC(=O)N1N1C(=O)CNC1=O. The summed E-state index contributed by atoms with van der Waals surface area (Å²) in [4.78, 5) is 44.4. The van der Waals surface area contributed by atoms with Crippen LogP contribution in [0.15, 0.2) is 0 Å². The smallest absolute Gasteiger partial charge is 0.327 e. The lowest BCUT2D eigenvalue weighted by molar-refractivity contribution is -0.145. The summed E-state index contributed by atoms with van der Waals surface area (Å²) in [7, 11) is 0. The molecule has 0 aromatic rings. The number of nitrogens with one attached hydrogen (secondary N) is 2. The normalized spacial score (nSPS) is 21.7. The van der Waals surface area contributed by atoms with Crippen LogP contribution in [-0.2, 0) is 9.59 Å². The maximum absolute atomic E-state index is 11.1. The first kappa shape index (κ1) is 8.48. The zero-order valence-corrected chi connectivity index (χ0v) is 6.94. The fourth-order valence-corrected chi connectivity index (χ4v) is 1.23. The summed E-state index contributed by atoms with van der Waals surface area (Å²) >= 11 is 0. The molecule has 2 N–H and O–H groups in total. The molecule has 74 valence electrons. The van der Waals surface area contributed by atoms with Gasteiger partial charge in [-0.05, 0) is 0 Å². The molecular formula is C6H6N4O4. The largest absolute Gasteiger partial charge is 0.344 e. The lowest BCUT2D eigenvalue weighted by Crippen LogP contribution is -2.50. The molecular weight excluding hydrogens is 192 g/mol. The van der Waals surface area contributed by atoms with Gasteiger partial charge in [0.05, 0.1) is 0 Å². The fourth-order valence-electron chi connectivity index (χ4n) is 1.23. The molecule has 2 aliphatic rings. The van der Waals surface area contributed by atoms with Gasteiger partial charge in [-0.3, -0.25) is 9.59 Å². The van der Waals surface area contributed by atoms with Gasteiger partial charge in [-0.1, -0.05) is 0 Å². The van der Waals surface area contributed by atoms with E-state index < -0.39 is 23.9 Å². The molecule has 0 radical (unpaired) electrons. The van der Waals surface area contributed by atoms with Gasteiger partial charge in [0.2, 0.25) is 0 Å². The van der Waals surface area contributed by atoms with Crippen LogP contribution in [0.4, 0.5) is 9.59 Å². The first-order valence-electron chi connectivity index (χ1n) is 3.83. The highest BCUT2D eigenvalue weighted by molar-refractivity contribution is 6.10. The van der Waals surface area contributed by atoms with E-state index in [1.165, 1.54) is 0 Å². The number of amides is 6. The van der Waals surface area contributed by atoms with E-state index in [0.717, 1.165) is 0 Å². The zero-order chi connectivity index (χ0) is 10.3. The van der Waals surface area contributed by atoms with E-state index >= 15 is 0 Å². The molecule has 0 aromatic carbocycles. The Kier molecular flexibility index (Phi) is 1.63. The van der Waals surface area contributed by atoms with Crippen molar-refractivity contribution in [1.82, 2.24) is 20.7 Å². The number of rotatable bonds is 1. The average molecular weight is 198 g/mol. The van der Waals surface area contributed by atoms with Gasteiger partial charge in [0.25, 0.3) is 11.8 Å². The van der Waals surface area contributed by atoms with E-state index in [1.807, 2.05) is 0 Å². The van der Waals surface area contributed by atoms with Crippen LogP contribution in [0.1, 0.15) is 0 Å². The molecule has 14 heavy (non-hydrogen) atoms. The number of hydrogen-bond donors (Lipinski definition) is 2. The molecule has 0 aliphatic carbocycles. The van der Waals surface area contributed by atoms with Crippen molar-refractivity contribution < 1.29 is 19.2 Å². The highest BCUT2D eigenvalue weighted by atomic mass is 16.2. The Morgan fingerprint density at radius 1 is 0.786 bits per heavy atom. The molecule has 0 atom stereocenters. The van der Waals surface area contributed by atoms with Crippen molar-refractivity contribution in [3.8, 4) is 0 Å². The Balaban J connectivity index is 2.29. The van der Waals surface area contributed by atoms with Crippen molar-refractivity contribution in [2.75, 3.05) is 13.1 Å². The predicted molar refractivity (Wildman–Crippen MR) is 40.5 cm³/mol. The summed E-state index contributed by atoms with van der Waals surface area (Å²) < 4.78 is 0. The van der Waals surface area contributed by atoms with Gasteiger partial charge in [-0.25, -0.2) is 9.59 Å². The van der Waals surface area contributed by atoms with Gasteiger partial charge in [0.15, 0.2) is 0 Å². The van der Waals surface area contributed by atoms with E-state index in [-0.39, 0.29) is 13.1 Å². The van der Waals surface area contributed by atoms with Gasteiger partial charge in [-0.15, -0.1) is 0 Å². The van der Waals surface area contributed by atoms with Gasteiger partial charge in [0.1, 0.15) is 13.1 Å². The number of carbonyl (C=O) groups excluding carboxylic acids is 4. The van der Waals surface area contributed by atoms with Crippen molar-refractivity contribution in [1.29, 1.82) is 0 Å². The lowest BCUT2D eigenvalue weighted by atomic mass is 10.6. The molecule has 8 heteroatoms. The van der Waals surface area contributed by atoms with E-state index in [9.17, 15) is 19.2 Å². The maximum Gasteiger partial charge on any atom is 0.344 e. The van der Waals surface area contributed by atoms with Crippen LogP contribution in [0.3, 0.4) is 0 Å². The summed E-state index contributed by atoms with van der Waals surface area (Å²) in [6, 6.07) is -1.53. The minimum absolute atomic E-state index is 0.199. The molecule has 2 rings (SSSR count). The second kappa shape index (κ2) is 2.69. The van der Waals surface area contributed by atoms with E-state index in [1.54, 1.807) is 0 Å². The van der Waals surface area contributed by atoms with Gasteiger partial charge >= 0.3 is 12.1 Å². The van der Waals surface area contributed by atoms with Crippen molar-refractivity contribution >= 4 is 23.9 Å². The Hall–Kier alpha value is -2.12. The van der Waals surface area contributed by atoms with Crippen LogP contribution in [0, 0.1) is 0 Å². The molecule has 2 fully saturated rings. The lowest BCUT2D eigenvalue weighted by Gasteiger charge is -2.20. The third kappa shape index (κ3) is 1.00. The summed E-state index contributed by atoms with van der Waals surface area (Å²) in [5.74, 6) is -1.25. The highest BCUT2D eigenvalue weighted by Gasteiger charge is 2.43. The Morgan fingerprint density at radius 2 is 1.14 bits per heavy atom. The molecule has 8 nitrogen and oxygen atoms in total. The maximum atomic E-state index is 11.1. The quantitative estimate of drug-likeness (QED) is 0.476. The van der Waals surface area contributed by atoms with E-state index in [2.05, 4.69) is 10.6 Å². The van der Waals surface area contributed by atoms with Crippen molar-refractivity contribution in [2.24, 2.45) is 0 Å². The standard InChI is InChI=1S/C6H6N4O4/c11-3-1-7-5(13)9(3)10-4(12)2-8-6(10)14/h1-2H2,(H,7,13)(H,8,14). The fraction of sp³-hybridized carbons (Fsp3) is 0.333. The molecule has 2 heterocycles. The molecule has 0 aromatic heterocycles. The third-order valence-corrected chi connectivity index (χ3v) is 1.84. The topological polar surface area (TPSA) is 98.8 Å². The Labute approximate surface area is 77.8 Å². The van der Waals surface area contributed by atoms with Gasteiger partial charge in [-0.2, -0.15) is 10.0 Å². The van der Waals surface area contributed by atoms with Crippen molar-refractivity contribution in [3.63, 3.8) is 0 Å².